The first-order valence-corrected chi connectivity index (χ1v) is 4.97. The number of rotatable bonds is 7. The van der Waals surface area contributed by atoms with Gasteiger partial charge in [0.05, 0.1) is 6.04 Å². The van der Waals surface area contributed by atoms with Gasteiger partial charge in [-0.3, -0.25) is 14.4 Å². The molecule has 2 N–H and O–H groups in total. The van der Waals surface area contributed by atoms with Gasteiger partial charge in [0.2, 0.25) is 12.3 Å². The summed E-state index contributed by atoms with van der Waals surface area (Å²) in [6, 6.07) is -0.465. The number of Topliss-reactive ketones (excluding diaryl/α,β-unsaturated/α-hetero) is 1. The molecule has 2 amide bonds. The van der Waals surface area contributed by atoms with E-state index in [1.807, 2.05) is 13.8 Å². The van der Waals surface area contributed by atoms with Crippen molar-refractivity contribution in [2.45, 2.75) is 45.7 Å². The van der Waals surface area contributed by atoms with E-state index in [9.17, 15) is 14.4 Å². The van der Waals surface area contributed by atoms with Crippen LogP contribution in [0.25, 0.3) is 0 Å². The molecule has 0 aliphatic rings. The van der Waals surface area contributed by atoms with Gasteiger partial charge in [-0.05, 0) is 27.2 Å². The van der Waals surface area contributed by atoms with Gasteiger partial charge in [-0.2, -0.15) is 0 Å². The van der Waals surface area contributed by atoms with Crippen molar-refractivity contribution in [2.24, 2.45) is 0 Å². The first-order chi connectivity index (χ1) is 6.97. The average molecular weight is 214 g/mol. The zero-order chi connectivity index (χ0) is 11.8. The van der Waals surface area contributed by atoms with Crippen molar-refractivity contribution >= 4 is 18.1 Å². The maximum Gasteiger partial charge on any atom is 0.220 e. The number of hydrogen-bond donors (Lipinski definition) is 2. The Bertz CT molecular complexity index is 239. The molecule has 0 aromatic rings. The highest BCUT2D eigenvalue weighted by molar-refractivity contribution is 5.84. The minimum absolute atomic E-state index is 0.0901. The summed E-state index contributed by atoms with van der Waals surface area (Å²) in [6.45, 7) is 5.12. The minimum Gasteiger partial charge on any atom is -0.354 e. The van der Waals surface area contributed by atoms with E-state index in [2.05, 4.69) is 10.6 Å². The summed E-state index contributed by atoms with van der Waals surface area (Å²) in [5, 5.41) is 5.09. The van der Waals surface area contributed by atoms with Gasteiger partial charge >= 0.3 is 0 Å². The molecule has 0 aliphatic heterocycles. The van der Waals surface area contributed by atoms with E-state index in [0.29, 0.717) is 12.8 Å². The molecule has 5 heteroatoms. The molecular weight excluding hydrogens is 196 g/mol. The Labute approximate surface area is 89.6 Å². The number of nitrogens with one attached hydrogen (secondary N) is 2. The third kappa shape index (κ3) is 6.65. The number of hydrogen-bond acceptors (Lipinski definition) is 3. The van der Waals surface area contributed by atoms with Gasteiger partial charge in [-0.1, -0.05) is 0 Å². The molecule has 0 heterocycles. The quantitative estimate of drug-likeness (QED) is 0.585. The van der Waals surface area contributed by atoms with Crippen molar-refractivity contribution in [1.29, 1.82) is 0 Å². The van der Waals surface area contributed by atoms with E-state index in [1.165, 1.54) is 6.92 Å². The molecule has 0 aliphatic carbocycles. The Morgan fingerprint density at radius 2 is 1.93 bits per heavy atom. The lowest BCUT2D eigenvalue weighted by Gasteiger charge is -2.13. The molecule has 0 saturated carbocycles. The predicted octanol–water partition coefficient (Wildman–Crippen LogP) is -0.00520. The van der Waals surface area contributed by atoms with Crippen molar-refractivity contribution in [2.75, 3.05) is 0 Å². The van der Waals surface area contributed by atoms with E-state index in [0.717, 1.165) is 0 Å². The van der Waals surface area contributed by atoms with E-state index >= 15 is 0 Å². The molecule has 1 unspecified atom stereocenters. The SMILES string of the molecule is CC(=O)C(CCC(=O)NC(C)C)NC=O. The number of carbonyl (C=O) groups is 3. The summed E-state index contributed by atoms with van der Waals surface area (Å²) in [6.07, 6.45) is 1.06. The highest BCUT2D eigenvalue weighted by atomic mass is 16.2. The second kappa shape index (κ2) is 6.98. The summed E-state index contributed by atoms with van der Waals surface area (Å²) < 4.78 is 0. The summed E-state index contributed by atoms with van der Waals surface area (Å²) >= 11 is 0. The lowest BCUT2D eigenvalue weighted by Crippen LogP contribution is -2.37. The predicted molar refractivity (Wildman–Crippen MR) is 56.2 cm³/mol. The van der Waals surface area contributed by atoms with Crippen LogP contribution in [0.4, 0.5) is 0 Å². The molecule has 0 saturated heterocycles. The normalized spacial score (nSPS) is 12.0. The number of amides is 2. The average Bonchev–Trinajstić information content (AvgIpc) is 2.10. The third-order valence-corrected chi connectivity index (χ3v) is 1.87. The zero-order valence-corrected chi connectivity index (χ0v) is 9.37. The van der Waals surface area contributed by atoms with E-state index in [1.54, 1.807) is 0 Å². The number of ketones is 1. The summed E-state index contributed by atoms with van der Waals surface area (Å²) in [5.41, 5.74) is 0. The van der Waals surface area contributed by atoms with Crippen LogP contribution in [0.3, 0.4) is 0 Å². The van der Waals surface area contributed by atoms with Gasteiger partial charge in [0.25, 0.3) is 0 Å². The van der Waals surface area contributed by atoms with Crippen molar-refractivity contribution in [3.05, 3.63) is 0 Å². The fourth-order valence-electron chi connectivity index (χ4n) is 1.16. The van der Waals surface area contributed by atoms with Crippen LogP contribution in [0.5, 0.6) is 0 Å². The minimum atomic E-state index is -0.555. The fraction of sp³-hybridized carbons (Fsp3) is 0.700. The number of carbonyl (C=O) groups excluding carboxylic acids is 3. The molecule has 0 fully saturated rings. The Morgan fingerprint density at radius 3 is 2.33 bits per heavy atom. The molecule has 15 heavy (non-hydrogen) atoms. The van der Waals surface area contributed by atoms with Gasteiger partial charge in [-0.25, -0.2) is 0 Å². The summed E-state index contributed by atoms with van der Waals surface area (Å²) in [4.78, 5) is 32.4. The van der Waals surface area contributed by atoms with Gasteiger partial charge in [0.1, 0.15) is 0 Å². The molecule has 0 radical (unpaired) electrons. The van der Waals surface area contributed by atoms with Gasteiger partial charge in [0.15, 0.2) is 5.78 Å². The first-order valence-electron chi connectivity index (χ1n) is 4.97. The van der Waals surface area contributed by atoms with E-state index < -0.39 is 6.04 Å². The van der Waals surface area contributed by atoms with Crippen molar-refractivity contribution in [1.82, 2.24) is 10.6 Å². The molecule has 0 bridgehead atoms. The van der Waals surface area contributed by atoms with Crippen LogP contribution >= 0.6 is 0 Å². The standard InChI is InChI=1S/C10H18N2O3/c1-7(2)12-10(15)5-4-9(8(3)14)11-6-13/h6-7,9H,4-5H2,1-3H3,(H,11,13)(H,12,15). The smallest absolute Gasteiger partial charge is 0.220 e. The summed E-state index contributed by atoms with van der Waals surface area (Å²) in [5.74, 6) is -0.247. The second-order valence-electron chi connectivity index (χ2n) is 3.71. The summed E-state index contributed by atoms with van der Waals surface area (Å²) in [7, 11) is 0. The molecule has 0 aromatic carbocycles. The van der Waals surface area contributed by atoms with E-state index in [-0.39, 0.29) is 24.2 Å². The Morgan fingerprint density at radius 1 is 1.33 bits per heavy atom. The Balaban J connectivity index is 3.93. The van der Waals surface area contributed by atoms with Crippen LogP contribution in [-0.2, 0) is 14.4 Å². The molecule has 0 aromatic heterocycles. The molecular formula is C10H18N2O3. The molecule has 0 spiro atoms. The maximum absolute atomic E-state index is 11.2. The second-order valence-corrected chi connectivity index (χ2v) is 3.71. The lowest BCUT2D eigenvalue weighted by atomic mass is 10.1. The van der Waals surface area contributed by atoms with Crippen LogP contribution in [-0.4, -0.2) is 30.2 Å². The molecule has 0 rings (SSSR count). The van der Waals surface area contributed by atoms with Crippen LogP contribution in [0.2, 0.25) is 0 Å². The largest absolute Gasteiger partial charge is 0.354 e. The van der Waals surface area contributed by atoms with Gasteiger partial charge in [0, 0.05) is 12.5 Å². The van der Waals surface area contributed by atoms with Gasteiger partial charge < -0.3 is 10.6 Å². The van der Waals surface area contributed by atoms with Crippen molar-refractivity contribution in [3.8, 4) is 0 Å². The zero-order valence-electron chi connectivity index (χ0n) is 9.37. The van der Waals surface area contributed by atoms with Crippen LogP contribution in [0, 0.1) is 0 Å². The van der Waals surface area contributed by atoms with Crippen LogP contribution in [0.1, 0.15) is 33.6 Å². The molecule has 5 nitrogen and oxygen atoms in total. The van der Waals surface area contributed by atoms with E-state index in [4.69, 9.17) is 0 Å². The fourth-order valence-corrected chi connectivity index (χ4v) is 1.16. The molecule has 1 atom stereocenters. The lowest BCUT2D eigenvalue weighted by molar-refractivity contribution is -0.124. The maximum atomic E-state index is 11.2. The first kappa shape index (κ1) is 13.6. The third-order valence-electron chi connectivity index (χ3n) is 1.87. The van der Waals surface area contributed by atoms with Crippen LogP contribution < -0.4 is 10.6 Å². The van der Waals surface area contributed by atoms with Crippen molar-refractivity contribution in [3.63, 3.8) is 0 Å². The monoisotopic (exact) mass is 214 g/mol. The Hall–Kier alpha value is -1.39. The van der Waals surface area contributed by atoms with Crippen LogP contribution in [0.15, 0.2) is 0 Å². The molecule has 86 valence electrons. The highest BCUT2D eigenvalue weighted by Crippen LogP contribution is 1.98. The highest BCUT2D eigenvalue weighted by Gasteiger charge is 2.14. The van der Waals surface area contributed by atoms with Crippen molar-refractivity contribution < 1.29 is 14.4 Å². The van der Waals surface area contributed by atoms with Gasteiger partial charge in [-0.15, -0.1) is 0 Å². The Kier molecular flexibility index (Phi) is 6.33. The topological polar surface area (TPSA) is 75.3 Å².